The van der Waals surface area contributed by atoms with E-state index in [1.807, 2.05) is 4.90 Å². The molecule has 1 N–H and O–H groups in total. The fraction of sp³-hybridized carbons (Fsp3) is 0.632. The van der Waals surface area contributed by atoms with Gasteiger partial charge >= 0.3 is 0 Å². The second kappa shape index (κ2) is 4.17. The van der Waals surface area contributed by atoms with Gasteiger partial charge < -0.3 is 9.84 Å². The number of anilines is 1. The molecule has 0 aromatic heterocycles. The Bertz CT molecular complexity index is 717. The molecule has 2 aliphatic heterocycles. The Balaban J connectivity index is 1.69. The molecule has 0 spiro atoms. The molecule has 4 nitrogen and oxygen atoms in total. The van der Waals surface area contributed by atoms with E-state index < -0.39 is 11.8 Å². The lowest BCUT2D eigenvalue weighted by molar-refractivity contribution is -0.133. The van der Waals surface area contributed by atoms with Crippen LogP contribution in [0.5, 0.6) is 0 Å². The number of aryl methyl sites for hydroxylation is 2. The third-order valence-corrected chi connectivity index (χ3v) is 6.90. The van der Waals surface area contributed by atoms with E-state index in [2.05, 4.69) is 39.0 Å². The van der Waals surface area contributed by atoms with E-state index in [9.17, 15) is 9.90 Å². The number of benzene rings is 1. The number of aliphatic hydroxyl groups is 1. The number of hydrogen-bond donors (Lipinski definition) is 1. The molecule has 23 heavy (non-hydrogen) atoms. The molecule has 4 fully saturated rings. The highest BCUT2D eigenvalue weighted by Gasteiger charge is 2.78. The quantitative estimate of drug-likeness (QED) is 0.912. The predicted octanol–water partition coefficient (Wildman–Crippen LogP) is 2.40. The van der Waals surface area contributed by atoms with Crippen molar-refractivity contribution in [2.75, 3.05) is 4.90 Å². The Morgan fingerprint density at radius 3 is 2.83 bits per heavy atom. The van der Waals surface area contributed by atoms with E-state index in [1.165, 1.54) is 5.56 Å². The lowest BCUT2D eigenvalue weighted by Gasteiger charge is -2.39. The number of amides is 1. The number of nitrogens with zero attached hydrogens (tertiary/aromatic N) is 1. The lowest BCUT2D eigenvalue weighted by atomic mass is 9.76. The topological polar surface area (TPSA) is 49.8 Å². The van der Waals surface area contributed by atoms with Crippen molar-refractivity contribution < 1.29 is 14.6 Å². The maximum absolute atomic E-state index is 13.3. The number of hydrogen-bond acceptors (Lipinski definition) is 3. The summed E-state index contributed by atoms with van der Waals surface area (Å²) in [6.07, 6.45) is 1.19. The number of ether oxygens (including phenoxy) is 1. The molecule has 2 heterocycles. The highest BCUT2D eigenvalue weighted by atomic mass is 16.6. The molecule has 0 radical (unpaired) electrons. The highest BCUT2D eigenvalue weighted by molar-refractivity contribution is 6.01. The molecule has 2 bridgehead atoms. The average Bonchev–Trinajstić information content (AvgIpc) is 3.17. The summed E-state index contributed by atoms with van der Waals surface area (Å²) in [4.78, 5) is 15.2. The average molecular weight is 313 g/mol. The first-order valence-electron chi connectivity index (χ1n) is 8.77. The molecule has 4 aliphatic rings. The summed E-state index contributed by atoms with van der Waals surface area (Å²) < 4.78 is 6.46. The third-order valence-electron chi connectivity index (χ3n) is 6.90. The van der Waals surface area contributed by atoms with Gasteiger partial charge in [-0.25, -0.2) is 0 Å². The van der Waals surface area contributed by atoms with Gasteiger partial charge in [0.15, 0.2) is 5.72 Å². The van der Waals surface area contributed by atoms with Crippen LogP contribution in [0.3, 0.4) is 0 Å². The fourth-order valence-corrected chi connectivity index (χ4v) is 6.14. The summed E-state index contributed by atoms with van der Waals surface area (Å²) in [6, 6.07) is 6.25. The van der Waals surface area contributed by atoms with Crippen molar-refractivity contribution in [3.63, 3.8) is 0 Å². The summed E-state index contributed by atoms with van der Waals surface area (Å²) in [7, 11) is 0. The van der Waals surface area contributed by atoms with E-state index in [1.54, 1.807) is 0 Å². The van der Waals surface area contributed by atoms with Crippen LogP contribution in [0, 0.1) is 37.5 Å². The van der Waals surface area contributed by atoms with Gasteiger partial charge in [0.1, 0.15) is 0 Å². The normalized spacial score (nSPS) is 46.3. The third kappa shape index (κ3) is 1.39. The molecule has 2 saturated heterocycles. The first-order valence-corrected chi connectivity index (χ1v) is 8.77. The van der Waals surface area contributed by atoms with E-state index in [-0.39, 0.29) is 29.8 Å². The van der Waals surface area contributed by atoms with E-state index in [0.29, 0.717) is 5.92 Å². The van der Waals surface area contributed by atoms with Crippen molar-refractivity contribution in [2.45, 2.75) is 51.5 Å². The van der Waals surface area contributed by atoms with Crippen LogP contribution in [0.25, 0.3) is 0 Å². The van der Waals surface area contributed by atoms with Gasteiger partial charge in [0, 0.05) is 11.6 Å². The SMILES string of the molecule is CCC12OC3C(O)C4CC3C1C4C(=O)N2c1ccc(C)cc1C. The van der Waals surface area contributed by atoms with Gasteiger partial charge in [-0.15, -0.1) is 0 Å². The Hall–Kier alpha value is -1.39. The van der Waals surface area contributed by atoms with Crippen molar-refractivity contribution in [2.24, 2.45) is 23.7 Å². The number of carbonyl (C=O) groups is 1. The second-order valence-electron chi connectivity index (χ2n) is 7.85. The zero-order chi connectivity index (χ0) is 16.1. The van der Waals surface area contributed by atoms with Gasteiger partial charge in [0.05, 0.1) is 18.1 Å². The standard InChI is InChI=1S/C19H23NO3/c1-4-19-15-12-8-11(16(21)17(12)23-19)14(15)18(22)20(19)13-6-5-9(2)7-10(13)3/h5-7,11-12,14-17,21H,4,8H2,1-3H3. The molecule has 122 valence electrons. The number of rotatable bonds is 2. The second-order valence-corrected chi connectivity index (χ2v) is 7.85. The maximum Gasteiger partial charge on any atom is 0.233 e. The zero-order valence-corrected chi connectivity index (χ0v) is 13.8. The number of carbonyl (C=O) groups excluding carboxylic acids is 1. The molecular formula is C19H23NO3. The van der Waals surface area contributed by atoms with Gasteiger partial charge in [-0.05, 0) is 50.2 Å². The van der Waals surface area contributed by atoms with Gasteiger partial charge in [0.2, 0.25) is 5.91 Å². The Kier molecular flexibility index (Phi) is 2.54. The first kappa shape index (κ1) is 14.0. The summed E-state index contributed by atoms with van der Waals surface area (Å²) in [5, 5.41) is 10.5. The lowest BCUT2D eigenvalue weighted by Crippen LogP contribution is -2.51. The van der Waals surface area contributed by atoms with Gasteiger partial charge in [-0.1, -0.05) is 24.6 Å². The van der Waals surface area contributed by atoms with Crippen LogP contribution in [-0.2, 0) is 9.53 Å². The molecule has 1 amide bonds. The van der Waals surface area contributed by atoms with Crippen LogP contribution in [0.4, 0.5) is 5.69 Å². The molecule has 1 aromatic carbocycles. The van der Waals surface area contributed by atoms with E-state index in [0.717, 1.165) is 24.1 Å². The Morgan fingerprint density at radius 1 is 1.35 bits per heavy atom. The zero-order valence-electron chi connectivity index (χ0n) is 13.8. The minimum absolute atomic E-state index is 0.0607. The fourth-order valence-electron chi connectivity index (χ4n) is 6.14. The molecular weight excluding hydrogens is 290 g/mol. The van der Waals surface area contributed by atoms with Crippen molar-refractivity contribution in [1.82, 2.24) is 0 Å². The smallest absolute Gasteiger partial charge is 0.233 e. The van der Waals surface area contributed by atoms with Crippen LogP contribution >= 0.6 is 0 Å². The molecule has 7 atom stereocenters. The number of aliphatic hydroxyl groups excluding tert-OH is 1. The monoisotopic (exact) mass is 313 g/mol. The summed E-state index contributed by atoms with van der Waals surface area (Å²) >= 11 is 0. The summed E-state index contributed by atoms with van der Waals surface area (Å²) in [5.41, 5.74) is 2.74. The molecule has 5 rings (SSSR count). The van der Waals surface area contributed by atoms with Crippen LogP contribution in [0.1, 0.15) is 30.9 Å². The minimum Gasteiger partial charge on any atom is -0.390 e. The summed E-state index contributed by atoms with van der Waals surface area (Å²) in [6.45, 7) is 6.24. The number of fused-ring (bicyclic) bond motifs is 2. The summed E-state index contributed by atoms with van der Waals surface area (Å²) in [5.74, 6) is 0.786. The minimum atomic E-state index is -0.552. The predicted molar refractivity (Wildman–Crippen MR) is 85.9 cm³/mol. The van der Waals surface area contributed by atoms with Crippen LogP contribution < -0.4 is 4.90 Å². The van der Waals surface area contributed by atoms with Gasteiger partial charge in [-0.2, -0.15) is 0 Å². The van der Waals surface area contributed by atoms with Crippen LogP contribution in [0.15, 0.2) is 18.2 Å². The van der Waals surface area contributed by atoms with Crippen molar-refractivity contribution >= 4 is 11.6 Å². The van der Waals surface area contributed by atoms with Crippen molar-refractivity contribution in [3.05, 3.63) is 29.3 Å². The van der Waals surface area contributed by atoms with Crippen molar-refractivity contribution in [3.8, 4) is 0 Å². The molecule has 1 aromatic rings. The largest absolute Gasteiger partial charge is 0.390 e. The Labute approximate surface area is 136 Å². The van der Waals surface area contributed by atoms with Gasteiger partial charge in [-0.3, -0.25) is 9.69 Å². The van der Waals surface area contributed by atoms with E-state index >= 15 is 0 Å². The highest BCUT2D eigenvalue weighted by Crippen LogP contribution is 2.68. The first-order chi connectivity index (χ1) is 11.0. The van der Waals surface area contributed by atoms with Crippen LogP contribution in [-0.4, -0.2) is 28.9 Å². The van der Waals surface area contributed by atoms with Gasteiger partial charge in [0.25, 0.3) is 0 Å². The molecule has 7 unspecified atom stereocenters. The van der Waals surface area contributed by atoms with Crippen molar-refractivity contribution in [1.29, 1.82) is 0 Å². The molecule has 2 aliphatic carbocycles. The molecule has 2 saturated carbocycles. The Morgan fingerprint density at radius 2 is 2.13 bits per heavy atom. The van der Waals surface area contributed by atoms with E-state index in [4.69, 9.17) is 4.74 Å². The maximum atomic E-state index is 13.3. The molecule has 4 heteroatoms. The van der Waals surface area contributed by atoms with Crippen LogP contribution in [0.2, 0.25) is 0 Å².